The van der Waals surface area contributed by atoms with E-state index in [0.717, 1.165) is 29.6 Å². The van der Waals surface area contributed by atoms with Crippen molar-refractivity contribution in [1.82, 2.24) is 4.90 Å². The van der Waals surface area contributed by atoms with Crippen LogP contribution in [0.4, 0.5) is 0 Å². The first-order chi connectivity index (χ1) is 25.4. The second-order valence-corrected chi connectivity index (χ2v) is 20.2. The van der Waals surface area contributed by atoms with Crippen LogP contribution in [-0.4, -0.2) is 67.1 Å². The number of unbranched alkanes of at least 4 members (excludes halogenated alkanes) is 2. The van der Waals surface area contributed by atoms with Crippen molar-refractivity contribution in [3.8, 4) is 5.75 Å². The van der Waals surface area contributed by atoms with Gasteiger partial charge in [0.25, 0.3) is 8.32 Å². The van der Waals surface area contributed by atoms with Gasteiger partial charge < -0.3 is 19.4 Å². The molecule has 0 bridgehead atoms. The number of phenols is 1. The molecule has 8 nitrogen and oxygen atoms in total. The predicted molar refractivity (Wildman–Crippen MR) is 209 cm³/mol. The lowest BCUT2D eigenvalue weighted by Gasteiger charge is -2.44. The Morgan fingerprint density at radius 2 is 1.53 bits per heavy atom. The van der Waals surface area contributed by atoms with Crippen LogP contribution in [0.1, 0.15) is 78.2 Å². The molecule has 6 rings (SSSR count). The van der Waals surface area contributed by atoms with Gasteiger partial charge in [0.2, 0.25) is 11.8 Å². The molecule has 3 aromatic carbocycles. The van der Waals surface area contributed by atoms with Gasteiger partial charge in [0.15, 0.2) is 0 Å². The monoisotopic (exact) mass is 735 g/mol. The van der Waals surface area contributed by atoms with Crippen LogP contribution in [-0.2, 0) is 23.5 Å². The fourth-order valence-corrected chi connectivity index (χ4v) is 13.4. The Bertz CT molecular complexity index is 1790. The van der Waals surface area contributed by atoms with Crippen LogP contribution in [0.5, 0.6) is 5.75 Å². The van der Waals surface area contributed by atoms with E-state index in [4.69, 9.17) is 14.3 Å². The average Bonchev–Trinajstić information content (AvgIpc) is 3.66. The Balaban J connectivity index is 1.32. The van der Waals surface area contributed by atoms with E-state index >= 15 is 0 Å². The number of aliphatic carboxylic acids is 1. The summed E-state index contributed by atoms with van der Waals surface area (Å²) in [5, 5.41) is 20.9. The van der Waals surface area contributed by atoms with Crippen molar-refractivity contribution in [2.24, 2.45) is 17.8 Å². The maximum absolute atomic E-state index is 14.1. The van der Waals surface area contributed by atoms with E-state index in [-0.39, 0.29) is 41.0 Å². The molecule has 2 aliphatic heterocycles. The number of aromatic hydroxyl groups is 1. The molecule has 2 heterocycles. The minimum atomic E-state index is -2.90. The molecule has 0 saturated carbocycles. The van der Waals surface area contributed by atoms with Crippen molar-refractivity contribution in [2.75, 3.05) is 19.8 Å². The summed E-state index contributed by atoms with van der Waals surface area (Å²) in [7, 11) is -2.90. The SMILES string of the molecule is C/C(=C\c1ccc(O)cc1)CC[C@H]1OC[C@H]2C1=C(CO[Si](c1ccccc1)(c1ccccc1)C(C)(C)C)C[C@H]1C(=O)N(CCCCCC(=O)O)C(=O)[C@H]12. The molecule has 9 heteroatoms. The second kappa shape index (κ2) is 16.4. The number of fused-ring (bicyclic) bond motifs is 3. The van der Waals surface area contributed by atoms with Crippen molar-refractivity contribution < 1.29 is 33.8 Å². The zero-order valence-corrected chi connectivity index (χ0v) is 32.4. The Labute approximate surface area is 314 Å². The summed E-state index contributed by atoms with van der Waals surface area (Å²) in [6.07, 6.45) is 5.74. The number of carbonyl (C=O) groups is 3. The third-order valence-electron chi connectivity index (χ3n) is 11.4. The summed E-state index contributed by atoms with van der Waals surface area (Å²) >= 11 is 0. The zero-order valence-electron chi connectivity index (χ0n) is 31.4. The number of carbonyl (C=O) groups excluding carboxylic acids is 2. The van der Waals surface area contributed by atoms with E-state index < -0.39 is 26.1 Å². The standard InChI is InChI=1S/C44H53NO7Si/c1-30(26-31-20-22-33(46)23-21-31)19-24-38-40-32(28-52-53(44(2,3)4,34-14-8-5-9-15-34)35-16-10-6-11-17-35)27-36-41(37(40)29-51-38)43(50)45(42(36)49)25-13-7-12-18-39(47)48/h5-6,8-11,14-17,20-23,26,36-38,41,46H,7,12-13,18-19,24-25,27-29H2,1-4H3,(H,47,48)/b30-26+/t36-,37+,38-,41-/m1/s1. The Hall–Kier alpha value is -4.31. The third kappa shape index (κ3) is 8.12. The van der Waals surface area contributed by atoms with Gasteiger partial charge in [-0.3, -0.25) is 19.3 Å². The van der Waals surface area contributed by atoms with Gasteiger partial charge in [0, 0.05) is 18.9 Å². The zero-order chi connectivity index (χ0) is 37.8. The van der Waals surface area contributed by atoms with Gasteiger partial charge in [0.05, 0.1) is 31.2 Å². The summed E-state index contributed by atoms with van der Waals surface area (Å²) < 4.78 is 14.0. The van der Waals surface area contributed by atoms with E-state index in [9.17, 15) is 19.5 Å². The highest BCUT2D eigenvalue weighted by Crippen LogP contribution is 2.50. The molecule has 3 aromatic rings. The number of phenolic OH excluding ortho intramolecular Hbond substituents is 1. The van der Waals surface area contributed by atoms with Gasteiger partial charge in [-0.2, -0.15) is 0 Å². The molecule has 0 aromatic heterocycles. The first-order valence-electron chi connectivity index (χ1n) is 19.0. The summed E-state index contributed by atoms with van der Waals surface area (Å²) in [5.41, 5.74) is 4.41. The van der Waals surface area contributed by atoms with Crippen molar-refractivity contribution in [3.05, 3.63) is 107 Å². The molecule has 3 aliphatic rings. The van der Waals surface area contributed by atoms with Crippen molar-refractivity contribution in [1.29, 1.82) is 0 Å². The molecule has 0 spiro atoms. The maximum atomic E-state index is 14.1. The number of imide groups is 1. The van der Waals surface area contributed by atoms with E-state index in [1.165, 1.54) is 20.8 Å². The van der Waals surface area contributed by atoms with Crippen molar-refractivity contribution in [2.45, 2.75) is 83.8 Å². The van der Waals surface area contributed by atoms with E-state index in [0.29, 0.717) is 45.4 Å². The van der Waals surface area contributed by atoms with Crippen LogP contribution in [0.15, 0.2) is 102 Å². The van der Waals surface area contributed by atoms with E-state index in [2.05, 4.69) is 82.3 Å². The van der Waals surface area contributed by atoms with Crippen LogP contribution < -0.4 is 10.4 Å². The second-order valence-electron chi connectivity index (χ2n) is 15.9. The molecule has 2 amide bonds. The number of nitrogens with zero attached hydrogens (tertiary/aromatic N) is 1. The molecule has 0 unspecified atom stereocenters. The number of allylic oxidation sites excluding steroid dienone is 1. The largest absolute Gasteiger partial charge is 0.508 e. The number of carboxylic acid groups (broad SMARTS) is 1. The van der Waals surface area contributed by atoms with Gasteiger partial charge >= 0.3 is 5.97 Å². The highest BCUT2D eigenvalue weighted by Gasteiger charge is 2.57. The normalized spacial score (nSPS) is 22.0. The third-order valence-corrected chi connectivity index (χ3v) is 16.3. The Kier molecular flexibility index (Phi) is 11.9. The van der Waals surface area contributed by atoms with E-state index in [1.54, 1.807) is 12.1 Å². The molecular weight excluding hydrogens is 683 g/mol. The number of likely N-dealkylation sites (tertiary alicyclic amines) is 1. The van der Waals surface area contributed by atoms with Crippen molar-refractivity contribution >= 4 is 42.6 Å². The smallest absolute Gasteiger partial charge is 0.303 e. The summed E-state index contributed by atoms with van der Waals surface area (Å²) in [4.78, 5) is 40.6. The molecule has 2 saturated heterocycles. The number of rotatable bonds is 15. The molecule has 2 fully saturated rings. The number of carboxylic acids is 1. The lowest BCUT2D eigenvalue weighted by Crippen LogP contribution is -2.66. The number of benzene rings is 3. The first-order valence-corrected chi connectivity index (χ1v) is 20.9. The first kappa shape index (κ1) is 38.4. The molecule has 1 aliphatic carbocycles. The quantitative estimate of drug-likeness (QED) is 0.0741. The number of amides is 2. The van der Waals surface area contributed by atoms with Gasteiger partial charge in [-0.1, -0.05) is 112 Å². The summed E-state index contributed by atoms with van der Waals surface area (Å²) in [6, 6.07) is 28.3. The van der Waals surface area contributed by atoms with Gasteiger partial charge in [-0.15, -0.1) is 0 Å². The fraction of sp³-hybridized carbons (Fsp3) is 0.432. The minimum absolute atomic E-state index is 0.0829. The molecule has 4 atom stereocenters. The highest BCUT2D eigenvalue weighted by molar-refractivity contribution is 6.99. The highest BCUT2D eigenvalue weighted by atomic mass is 28.4. The lowest BCUT2D eigenvalue weighted by molar-refractivity contribution is -0.141. The summed E-state index contributed by atoms with van der Waals surface area (Å²) in [6.45, 7) is 9.92. The van der Waals surface area contributed by atoms with Gasteiger partial charge in [-0.05, 0) is 83.3 Å². The van der Waals surface area contributed by atoms with E-state index in [1.807, 2.05) is 24.3 Å². The molecule has 0 radical (unpaired) electrons. The lowest BCUT2D eigenvalue weighted by atomic mass is 9.69. The molecule has 2 N–H and O–H groups in total. The van der Waals surface area contributed by atoms with Crippen LogP contribution >= 0.6 is 0 Å². The van der Waals surface area contributed by atoms with Gasteiger partial charge in [-0.25, -0.2) is 0 Å². The van der Waals surface area contributed by atoms with Crippen molar-refractivity contribution in [3.63, 3.8) is 0 Å². The molecule has 280 valence electrons. The average molecular weight is 736 g/mol. The Morgan fingerprint density at radius 3 is 2.13 bits per heavy atom. The Morgan fingerprint density at radius 1 is 0.887 bits per heavy atom. The van der Waals surface area contributed by atoms with Crippen LogP contribution in [0, 0.1) is 17.8 Å². The van der Waals surface area contributed by atoms with Gasteiger partial charge in [0.1, 0.15) is 5.75 Å². The van der Waals surface area contributed by atoms with Crippen LogP contribution in [0.3, 0.4) is 0 Å². The fourth-order valence-electron chi connectivity index (χ4n) is 8.86. The minimum Gasteiger partial charge on any atom is -0.508 e. The maximum Gasteiger partial charge on any atom is 0.303 e. The topological polar surface area (TPSA) is 113 Å². The number of hydrogen-bond donors (Lipinski definition) is 2. The number of ether oxygens (including phenoxy) is 1. The molecule has 53 heavy (non-hydrogen) atoms. The summed E-state index contributed by atoms with van der Waals surface area (Å²) in [5.74, 6) is -1.99. The molecular formula is C44H53NO7Si. The van der Waals surface area contributed by atoms with Crippen LogP contribution in [0.25, 0.3) is 6.08 Å². The van der Waals surface area contributed by atoms with Crippen LogP contribution in [0.2, 0.25) is 5.04 Å². The predicted octanol–water partition coefficient (Wildman–Crippen LogP) is 7.11. The number of hydrogen-bond acceptors (Lipinski definition) is 6.